The SMILES string of the molecule is CCNC(=NCc1c(CC)noc1CC)NCC(=O)NCCc1ccccc1. The molecule has 0 saturated heterocycles. The van der Waals surface area contributed by atoms with Crippen LogP contribution >= 0.6 is 0 Å². The van der Waals surface area contributed by atoms with Crippen molar-refractivity contribution in [1.29, 1.82) is 0 Å². The van der Waals surface area contributed by atoms with E-state index in [-0.39, 0.29) is 12.5 Å². The van der Waals surface area contributed by atoms with Crippen LogP contribution in [-0.4, -0.2) is 36.7 Å². The maximum absolute atomic E-state index is 12.1. The normalized spacial score (nSPS) is 11.3. The quantitative estimate of drug-likeness (QED) is 0.431. The van der Waals surface area contributed by atoms with Crippen LogP contribution in [0.3, 0.4) is 0 Å². The van der Waals surface area contributed by atoms with Gasteiger partial charge in [0.1, 0.15) is 5.76 Å². The fourth-order valence-corrected chi connectivity index (χ4v) is 2.83. The van der Waals surface area contributed by atoms with Gasteiger partial charge in [0.25, 0.3) is 0 Å². The zero-order valence-electron chi connectivity index (χ0n) is 17.0. The third-order valence-corrected chi connectivity index (χ3v) is 4.34. The first kappa shape index (κ1) is 21.5. The van der Waals surface area contributed by atoms with E-state index in [9.17, 15) is 4.79 Å². The van der Waals surface area contributed by atoms with Crippen molar-refractivity contribution >= 4 is 11.9 Å². The van der Waals surface area contributed by atoms with E-state index in [0.29, 0.717) is 25.6 Å². The Morgan fingerprint density at radius 1 is 1.07 bits per heavy atom. The van der Waals surface area contributed by atoms with Gasteiger partial charge in [0.15, 0.2) is 5.96 Å². The Balaban J connectivity index is 1.83. The maximum Gasteiger partial charge on any atom is 0.239 e. The molecule has 0 aliphatic heterocycles. The lowest BCUT2D eigenvalue weighted by molar-refractivity contribution is -0.119. The van der Waals surface area contributed by atoms with E-state index in [0.717, 1.165) is 36.3 Å². The van der Waals surface area contributed by atoms with Gasteiger partial charge in [-0.15, -0.1) is 0 Å². The van der Waals surface area contributed by atoms with Gasteiger partial charge in [-0.25, -0.2) is 4.99 Å². The van der Waals surface area contributed by atoms with Crippen molar-refractivity contribution in [1.82, 2.24) is 21.1 Å². The highest BCUT2D eigenvalue weighted by molar-refractivity contribution is 5.86. The number of hydrogen-bond acceptors (Lipinski definition) is 4. The summed E-state index contributed by atoms with van der Waals surface area (Å²) in [6.45, 7) is 8.05. The van der Waals surface area contributed by atoms with Crippen LogP contribution in [0.4, 0.5) is 0 Å². The lowest BCUT2D eigenvalue weighted by Gasteiger charge is -2.11. The fraction of sp³-hybridized carbons (Fsp3) is 0.476. The molecule has 0 unspecified atom stereocenters. The zero-order valence-corrected chi connectivity index (χ0v) is 17.0. The van der Waals surface area contributed by atoms with Gasteiger partial charge in [-0.2, -0.15) is 0 Å². The second kappa shape index (κ2) is 11.8. The number of benzene rings is 1. The summed E-state index contributed by atoms with van der Waals surface area (Å²) in [5.74, 6) is 1.41. The molecule has 0 aliphatic rings. The molecule has 0 fully saturated rings. The molecule has 28 heavy (non-hydrogen) atoms. The first-order valence-electron chi connectivity index (χ1n) is 9.96. The Morgan fingerprint density at radius 2 is 1.86 bits per heavy atom. The number of carbonyl (C=O) groups is 1. The fourth-order valence-electron chi connectivity index (χ4n) is 2.83. The molecular weight excluding hydrogens is 354 g/mol. The molecule has 0 saturated carbocycles. The highest BCUT2D eigenvalue weighted by Gasteiger charge is 2.13. The van der Waals surface area contributed by atoms with Crippen LogP contribution in [0, 0.1) is 0 Å². The predicted molar refractivity (Wildman–Crippen MR) is 111 cm³/mol. The van der Waals surface area contributed by atoms with E-state index < -0.39 is 0 Å². The molecule has 1 aromatic heterocycles. The Kier molecular flexibility index (Phi) is 9.04. The molecule has 152 valence electrons. The van der Waals surface area contributed by atoms with Crippen LogP contribution in [0.5, 0.6) is 0 Å². The summed E-state index contributed by atoms with van der Waals surface area (Å²) < 4.78 is 5.38. The molecule has 7 nitrogen and oxygen atoms in total. The third kappa shape index (κ3) is 6.72. The van der Waals surface area contributed by atoms with Gasteiger partial charge in [0.2, 0.25) is 5.91 Å². The molecular formula is C21H31N5O2. The van der Waals surface area contributed by atoms with Crippen LogP contribution in [0.25, 0.3) is 0 Å². The number of nitrogens with zero attached hydrogens (tertiary/aromatic N) is 2. The predicted octanol–water partition coefficient (Wildman–Crippen LogP) is 2.21. The van der Waals surface area contributed by atoms with Crippen LogP contribution in [0.1, 0.15) is 43.4 Å². The second-order valence-corrected chi connectivity index (χ2v) is 6.37. The van der Waals surface area contributed by atoms with E-state index in [4.69, 9.17) is 4.52 Å². The summed E-state index contributed by atoms with van der Waals surface area (Å²) in [6.07, 6.45) is 2.40. The van der Waals surface area contributed by atoms with E-state index in [1.54, 1.807) is 0 Å². The average Bonchev–Trinajstić information content (AvgIpc) is 3.13. The van der Waals surface area contributed by atoms with Gasteiger partial charge in [-0.3, -0.25) is 4.79 Å². The number of hydrogen-bond donors (Lipinski definition) is 3. The average molecular weight is 386 g/mol. The number of aryl methyl sites for hydroxylation is 2. The van der Waals surface area contributed by atoms with Crippen molar-refractivity contribution in [3.05, 3.63) is 52.9 Å². The molecule has 1 aromatic carbocycles. The summed E-state index contributed by atoms with van der Waals surface area (Å²) in [7, 11) is 0. The van der Waals surface area contributed by atoms with Crippen LogP contribution in [-0.2, 0) is 30.6 Å². The van der Waals surface area contributed by atoms with Crippen molar-refractivity contribution in [3.63, 3.8) is 0 Å². The number of aliphatic imine (C=N–C) groups is 1. The van der Waals surface area contributed by atoms with Crippen molar-refractivity contribution in [2.45, 2.75) is 46.6 Å². The van der Waals surface area contributed by atoms with Crippen molar-refractivity contribution < 1.29 is 9.32 Å². The van der Waals surface area contributed by atoms with Gasteiger partial charge in [0, 0.05) is 25.1 Å². The highest BCUT2D eigenvalue weighted by Crippen LogP contribution is 2.16. The van der Waals surface area contributed by atoms with Crippen molar-refractivity contribution in [3.8, 4) is 0 Å². The summed E-state index contributed by atoms with van der Waals surface area (Å²) in [6, 6.07) is 10.1. The third-order valence-electron chi connectivity index (χ3n) is 4.34. The molecule has 7 heteroatoms. The summed E-state index contributed by atoms with van der Waals surface area (Å²) in [5.41, 5.74) is 3.18. The largest absolute Gasteiger partial charge is 0.361 e. The number of rotatable bonds is 10. The minimum atomic E-state index is -0.0602. The molecule has 0 radical (unpaired) electrons. The Hall–Kier alpha value is -2.83. The standard InChI is InChI=1S/C21H31N5O2/c1-4-18-17(19(5-2)28-26-18)14-24-21(22-6-3)25-15-20(27)23-13-12-16-10-8-7-9-11-16/h7-11H,4-6,12-15H2,1-3H3,(H,23,27)(H2,22,24,25). The Labute approximate surface area is 167 Å². The minimum absolute atomic E-state index is 0.0602. The minimum Gasteiger partial charge on any atom is -0.361 e. The summed E-state index contributed by atoms with van der Waals surface area (Å²) in [5, 5.41) is 13.3. The van der Waals surface area contributed by atoms with Crippen LogP contribution in [0.15, 0.2) is 39.8 Å². The molecule has 0 aliphatic carbocycles. The van der Waals surface area contributed by atoms with E-state index in [1.807, 2.05) is 39.0 Å². The van der Waals surface area contributed by atoms with Gasteiger partial charge in [0.05, 0.1) is 18.8 Å². The summed E-state index contributed by atoms with van der Waals surface area (Å²) in [4.78, 5) is 16.7. The number of aromatic nitrogens is 1. The van der Waals surface area contributed by atoms with Crippen molar-refractivity contribution in [2.24, 2.45) is 4.99 Å². The van der Waals surface area contributed by atoms with E-state index >= 15 is 0 Å². The molecule has 2 aromatic rings. The Bertz CT molecular complexity index is 734. The molecule has 2 rings (SSSR count). The van der Waals surface area contributed by atoms with Gasteiger partial charge >= 0.3 is 0 Å². The van der Waals surface area contributed by atoms with E-state index in [1.165, 1.54) is 5.56 Å². The maximum atomic E-state index is 12.1. The van der Waals surface area contributed by atoms with Gasteiger partial charge < -0.3 is 20.5 Å². The van der Waals surface area contributed by atoms with Crippen LogP contribution < -0.4 is 16.0 Å². The highest BCUT2D eigenvalue weighted by atomic mass is 16.5. The molecule has 0 spiro atoms. The van der Waals surface area contributed by atoms with E-state index in [2.05, 4.69) is 38.2 Å². The monoisotopic (exact) mass is 385 g/mol. The Morgan fingerprint density at radius 3 is 2.54 bits per heavy atom. The molecule has 3 N–H and O–H groups in total. The molecule has 1 amide bonds. The first-order chi connectivity index (χ1) is 13.7. The smallest absolute Gasteiger partial charge is 0.239 e. The lowest BCUT2D eigenvalue weighted by Crippen LogP contribution is -2.43. The lowest BCUT2D eigenvalue weighted by atomic mass is 10.1. The van der Waals surface area contributed by atoms with Gasteiger partial charge in [-0.1, -0.05) is 49.3 Å². The number of nitrogens with one attached hydrogen (secondary N) is 3. The number of guanidine groups is 1. The summed E-state index contributed by atoms with van der Waals surface area (Å²) >= 11 is 0. The topological polar surface area (TPSA) is 91.6 Å². The van der Waals surface area contributed by atoms with Crippen molar-refractivity contribution in [2.75, 3.05) is 19.6 Å². The zero-order chi connectivity index (χ0) is 20.2. The number of carbonyl (C=O) groups excluding carboxylic acids is 1. The van der Waals surface area contributed by atoms with Crippen LogP contribution in [0.2, 0.25) is 0 Å². The molecule has 0 bridgehead atoms. The first-order valence-corrected chi connectivity index (χ1v) is 9.96. The van der Waals surface area contributed by atoms with Gasteiger partial charge in [-0.05, 0) is 25.3 Å². The molecule has 0 atom stereocenters. The molecule has 1 heterocycles. The second-order valence-electron chi connectivity index (χ2n) is 6.37. The number of amides is 1.